The largest absolute Gasteiger partial charge is 0.508 e. The average molecular weight is 420 g/mol. The average Bonchev–Trinajstić information content (AvgIpc) is 2.71. The van der Waals surface area contributed by atoms with Crippen LogP contribution in [0.2, 0.25) is 0 Å². The lowest BCUT2D eigenvalue weighted by atomic mass is 9.93. The number of aliphatic hydroxyl groups is 3. The van der Waals surface area contributed by atoms with Gasteiger partial charge in [-0.25, -0.2) is 0 Å². The van der Waals surface area contributed by atoms with Crippen molar-refractivity contribution in [3.05, 3.63) is 47.5 Å². The van der Waals surface area contributed by atoms with Crippen molar-refractivity contribution in [3.63, 3.8) is 0 Å². The molecule has 7 atom stereocenters. The number of aromatic hydroxyl groups is 3. The molecular formula is C21H24O9. The molecule has 0 unspecified atom stereocenters. The maximum absolute atomic E-state index is 10.3. The van der Waals surface area contributed by atoms with Crippen LogP contribution in [0.4, 0.5) is 0 Å². The van der Waals surface area contributed by atoms with Gasteiger partial charge in [-0.2, -0.15) is 0 Å². The van der Waals surface area contributed by atoms with E-state index in [-0.39, 0.29) is 29.4 Å². The van der Waals surface area contributed by atoms with Gasteiger partial charge in [0.15, 0.2) is 12.4 Å². The maximum Gasteiger partial charge on any atom is 0.187 e. The van der Waals surface area contributed by atoms with E-state index in [0.717, 1.165) is 0 Å². The molecule has 2 aliphatic heterocycles. The van der Waals surface area contributed by atoms with Crippen LogP contribution in [0.1, 0.15) is 24.2 Å². The Kier molecular flexibility index (Phi) is 5.48. The van der Waals surface area contributed by atoms with Gasteiger partial charge in [0.1, 0.15) is 47.4 Å². The molecule has 9 heteroatoms. The third-order valence-electron chi connectivity index (χ3n) is 5.51. The highest BCUT2D eigenvalue weighted by Crippen LogP contribution is 2.43. The lowest BCUT2D eigenvalue weighted by molar-refractivity contribution is -0.310. The molecular weight excluding hydrogens is 396 g/mol. The van der Waals surface area contributed by atoms with Crippen molar-refractivity contribution in [2.75, 3.05) is 0 Å². The lowest BCUT2D eigenvalue weighted by Gasteiger charge is -2.42. The summed E-state index contributed by atoms with van der Waals surface area (Å²) in [5.41, 5.74) is 1.05. The second kappa shape index (κ2) is 7.93. The molecule has 0 saturated carbocycles. The van der Waals surface area contributed by atoms with Gasteiger partial charge in [-0.15, -0.1) is 0 Å². The van der Waals surface area contributed by atoms with Crippen LogP contribution in [0, 0.1) is 0 Å². The van der Waals surface area contributed by atoms with E-state index in [9.17, 15) is 30.6 Å². The van der Waals surface area contributed by atoms with Crippen molar-refractivity contribution in [2.24, 2.45) is 0 Å². The third kappa shape index (κ3) is 3.78. The van der Waals surface area contributed by atoms with Crippen LogP contribution in [0.25, 0.3) is 0 Å². The second-order valence-corrected chi connectivity index (χ2v) is 7.63. The Morgan fingerprint density at radius 3 is 2.30 bits per heavy atom. The van der Waals surface area contributed by atoms with Gasteiger partial charge in [0.25, 0.3) is 0 Å². The molecule has 2 aromatic carbocycles. The van der Waals surface area contributed by atoms with Gasteiger partial charge in [-0.1, -0.05) is 12.1 Å². The Bertz CT molecular complexity index is 900. The topological polar surface area (TPSA) is 149 Å². The summed E-state index contributed by atoms with van der Waals surface area (Å²) in [5, 5.41) is 59.9. The lowest BCUT2D eigenvalue weighted by Crippen LogP contribution is -2.58. The first kappa shape index (κ1) is 20.7. The molecule has 0 bridgehead atoms. The van der Waals surface area contributed by atoms with Gasteiger partial charge in [0.05, 0.1) is 6.10 Å². The molecule has 1 fully saturated rings. The van der Waals surface area contributed by atoms with Crippen molar-refractivity contribution in [1.29, 1.82) is 0 Å². The fourth-order valence-corrected chi connectivity index (χ4v) is 3.81. The fourth-order valence-electron chi connectivity index (χ4n) is 3.81. The van der Waals surface area contributed by atoms with E-state index in [1.165, 1.54) is 24.3 Å². The van der Waals surface area contributed by atoms with Gasteiger partial charge < -0.3 is 44.8 Å². The van der Waals surface area contributed by atoms with E-state index in [2.05, 4.69) is 0 Å². The van der Waals surface area contributed by atoms with E-state index < -0.39 is 42.9 Å². The molecule has 1 saturated heterocycles. The van der Waals surface area contributed by atoms with Gasteiger partial charge in [-0.05, 0) is 24.6 Å². The highest BCUT2D eigenvalue weighted by molar-refractivity contribution is 5.51. The van der Waals surface area contributed by atoms with Crippen LogP contribution in [-0.4, -0.2) is 67.4 Å². The molecule has 2 heterocycles. The zero-order valence-corrected chi connectivity index (χ0v) is 16.1. The van der Waals surface area contributed by atoms with E-state index in [1.54, 1.807) is 19.1 Å². The van der Waals surface area contributed by atoms with Crippen molar-refractivity contribution < 1.29 is 44.8 Å². The number of phenols is 3. The molecule has 2 aromatic rings. The van der Waals surface area contributed by atoms with Gasteiger partial charge in [0.2, 0.25) is 0 Å². The molecule has 0 aliphatic carbocycles. The Labute approximate surface area is 172 Å². The smallest absolute Gasteiger partial charge is 0.187 e. The van der Waals surface area contributed by atoms with E-state index in [1.807, 2.05) is 0 Å². The Morgan fingerprint density at radius 2 is 1.60 bits per heavy atom. The molecule has 6 N–H and O–H groups in total. The van der Waals surface area contributed by atoms with Crippen LogP contribution in [0.15, 0.2) is 36.4 Å². The van der Waals surface area contributed by atoms with Crippen LogP contribution in [0.5, 0.6) is 23.0 Å². The molecule has 0 radical (unpaired) electrons. The summed E-state index contributed by atoms with van der Waals surface area (Å²) < 4.78 is 17.5. The van der Waals surface area contributed by atoms with Gasteiger partial charge in [-0.3, -0.25) is 0 Å². The SMILES string of the molecule is C[C@H]1O[C@H](O[C@H]2Cc3c(O)cc(O)cc3O[C@@H]2c2ccc(O)cc2)[C@@H](O)[C@@H](O)[C@@H]1O. The van der Waals surface area contributed by atoms with E-state index >= 15 is 0 Å². The number of fused-ring (bicyclic) bond motifs is 1. The predicted octanol–water partition coefficient (Wildman–Crippen LogP) is 0.692. The fraction of sp³-hybridized carbons (Fsp3) is 0.429. The zero-order valence-electron chi connectivity index (χ0n) is 16.1. The van der Waals surface area contributed by atoms with Crippen LogP contribution < -0.4 is 4.74 Å². The molecule has 30 heavy (non-hydrogen) atoms. The summed E-state index contributed by atoms with van der Waals surface area (Å²) in [6.45, 7) is 1.55. The quantitative estimate of drug-likeness (QED) is 0.422. The minimum atomic E-state index is -1.49. The summed E-state index contributed by atoms with van der Waals surface area (Å²) in [7, 11) is 0. The van der Waals surface area contributed by atoms with Crippen LogP contribution in [0.3, 0.4) is 0 Å². The molecule has 4 rings (SSSR count). The third-order valence-corrected chi connectivity index (χ3v) is 5.51. The first-order chi connectivity index (χ1) is 14.2. The number of aliphatic hydroxyl groups excluding tert-OH is 3. The van der Waals surface area contributed by atoms with Crippen LogP contribution in [-0.2, 0) is 15.9 Å². The summed E-state index contributed by atoms with van der Waals surface area (Å²) >= 11 is 0. The Morgan fingerprint density at radius 1 is 0.900 bits per heavy atom. The number of benzene rings is 2. The standard InChI is InChI=1S/C21H24O9/c1-9-17(25)18(26)19(27)21(28-9)30-16-8-13-14(24)6-12(23)7-15(13)29-20(16)10-2-4-11(22)5-3-10/h2-7,9,16-27H,8H2,1H3/t9-,16+,17-,18+,19+,20-,21-/m1/s1. The monoisotopic (exact) mass is 420 g/mol. The number of ether oxygens (including phenoxy) is 3. The zero-order chi connectivity index (χ0) is 21.6. The van der Waals surface area contributed by atoms with Crippen molar-refractivity contribution >= 4 is 0 Å². The molecule has 0 aromatic heterocycles. The normalized spacial score (nSPS) is 33.5. The first-order valence-corrected chi connectivity index (χ1v) is 9.60. The minimum absolute atomic E-state index is 0.0692. The number of hydrogen-bond donors (Lipinski definition) is 6. The number of rotatable bonds is 3. The minimum Gasteiger partial charge on any atom is -0.508 e. The van der Waals surface area contributed by atoms with Crippen molar-refractivity contribution in [3.8, 4) is 23.0 Å². The van der Waals surface area contributed by atoms with Gasteiger partial charge in [0, 0.05) is 24.1 Å². The predicted molar refractivity (Wildman–Crippen MR) is 102 cm³/mol. The summed E-state index contributed by atoms with van der Waals surface area (Å²) in [4.78, 5) is 0. The Balaban J connectivity index is 1.66. The van der Waals surface area contributed by atoms with Crippen LogP contribution >= 0.6 is 0 Å². The number of phenolic OH excluding ortho intramolecular Hbond substituents is 3. The van der Waals surface area contributed by atoms with Gasteiger partial charge >= 0.3 is 0 Å². The molecule has 2 aliphatic rings. The first-order valence-electron chi connectivity index (χ1n) is 9.60. The molecule has 0 spiro atoms. The van der Waals surface area contributed by atoms with Crippen molar-refractivity contribution in [2.45, 2.75) is 56.3 Å². The van der Waals surface area contributed by atoms with E-state index in [4.69, 9.17) is 14.2 Å². The second-order valence-electron chi connectivity index (χ2n) is 7.63. The Hall–Kier alpha value is -2.56. The molecule has 162 valence electrons. The molecule has 9 nitrogen and oxygen atoms in total. The van der Waals surface area contributed by atoms with E-state index in [0.29, 0.717) is 11.1 Å². The highest BCUT2D eigenvalue weighted by atomic mass is 16.7. The maximum atomic E-state index is 10.3. The highest BCUT2D eigenvalue weighted by Gasteiger charge is 2.45. The number of hydrogen-bond acceptors (Lipinski definition) is 9. The van der Waals surface area contributed by atoms with Crippen molar-refractivity contribution in [1.82, 2.24) is 0 Å². The summed E-state index contributed by atoms with van der Waals surface area (Å²) in [6, 6.07) is 8.83. The summed E-state index contributed by atoms with van der Waals surface area (Å²) in [5.74, 6) is 0.0165. The molecule has 0 amide bonds. The summed E-state index contributed by atoms with van der Waals surface area (Å²) in [6.07, 6.45) is -7.55.